The first-order chi connectivity index (χ1) is 10.8. The quantitative estimate of drug-likeness (QED) is 0.880. The van der Waals surface area contributed by atoms with Crippen LogP contribution >= 0.6 is 0 Å². The van der Waals surface area contributed by atoms with E-state index in [4.69, 9.17) is 0 Å². The second kappa shape index (κ2) is 6.48. The molecule has 1 heterocycles. The maximum absolute atomic E-state index is 12.4. The summed E-state index contributed by atoms with van der Waals surface area (Å²) in [4.78, 5) is 36.2. The van der Waals surface area contributed by atoms with E-state index < -0.39 is 11.9 Å². The summed E-state index contributed by atoms with van der Waals surface area (Å²) >= 11 is 0. The van der Waals surface area contributed by atoms with Crippen molar-refractivity contribution < 1.29 is 14.3 Å². The molecule has 1 aromatic carbocycles. The van der Waals surface area contributed by atoms with E-state index in [1.165, 1.54) is 17.7 Å². The molecule has 0 saturated carbocycles. The minimum Gasteiger partial charge on any atom is -0.465 e. The van der Waals surface area contributed by atoms with Crippen LogP contribution in [-0.2, 0) is 11.8 Å². The summed E-state index contributed by atoms with van der Waals surface area (Å²) in [6, 6.07) is 8.12. The van der Waals surface area contributed by atoms with E-state index in [0.29, 0.717) is 16.8 Å². The highest BCUT2D eigenvalue weighted by molar-refractivity contribution is 6.05. The van der Waals surface area contributed by atoms with E-state index in [-0.39, 0.29) is 11.1 Å². The number of rotatable bonds is 3. The molecule has 0 spiro atoms. The Balaban J connectivity index is 2.36. The SMILES string of the molecule is COC(=O)c1cccc(NC(=O)c2c(C)cc(C)n(C)c2=O)c1. The Kier molecular flexibility index (Phi) is 4.64. The molecule has 0 saturated heterocycles. The van der Waals surface area contributed by atoms with Gasteiger partial charge in [-0.15, -0.1) is 0 Å². The highest BCUT2D eigenvalue weighted by Gasteiger charge is 2.17. The smallest absolute Gasteiger partial charge is 0.337 e. The van der Waals surface area contributed by atoms with Crippen molar-refractivity contribution in [3.8, 4) is 0 Å². The van der Waals surface area contributed by atoms with Gasteiger partial charge in [0.15, 0.2) is 0 Å². The molecular weight excluding hydrogens is 296 g/mol. The summed E-state index contributed by atoms with van der Waals surface area (Å²) in [5.41, 5.74) is 1.84. The van der Waals surface area contributed by atoms with Gasteiger partial charge in [-0.1, -0.05) is 6.07 Å². The highest BCUT2D eigenvalue weighted by Crippen LogP contribution is 2.14. The van der Waals surface area contributed by atoms with Gasteiger partial charge >= 0.3 is 5.97 Å². The van der Waals surface area contributed by atoms with Crippen LogP contribution in [0.5, 0.6) is 0 Å². The van der Waals surface area contributed by atoms with Crippen LogP contribution in [0.3, 0.4) is 0 Å². The molecule has 2 rings (SSSR count). The minimum atomic E-state index is -0.509. The Bertz CT molecular complexity index is 837. The fraction of sp³-hybridized carbons (Fsp3) is 0.235. The molecule has 0 radical (unpaired) electrons. The Hall–Kier alpha value is -2.89. The van der Waals surface area contributed by atoms with Crippen molar-refractivity contribution in [1.29, 1.82) is 0 Å². The Morgan fingerprint density at radius 1 is 1.17 bits per heavy atom. The van der Waals surface area contributed by atoms with Gasteiger partial charge in [0.2, 0.25) is 0 Å². The van der Waals surface area contributed by atoms with Crippen LogP contribution in [0.1, 0.15) is 32.0 Å². The standard InChI is InChI=1S/C17H18N2O4/c1-10-8-11(2)19(3)16(21)14(10)15(20)18-13-7-5-6-12(9-13)17(22)23-4/h5-9H,1-4H3,(H,18,20). The lowest BCUT2D eigenvalue weighted by Crippen LogP contribution is -2.30. The number of amides is 1. The third kappa shape index (κ3) is 3.31. The molecule has 0 bridgehead atoms. The Labute approximate surface area is 133 Å². The van der Waals surface area contributed by atoms with Gasteiger partial charge in [-0.2, -0.15) is 0 Å². The number of hydrogen-bond acceptors (Lipinski definition) is 4. The topological polar surface area (TPSA) is 77.4 Å². The summed E-state index contributed by atoms with van der Waals surface area (Å²) in [5.74, 6) is -1.01. The summed E-state index contributed by atoms with van der Waals surface area (Å²) in [5, 5.41) is 2.65. The lowest BCUT2D eigenvalue weighted by molar-refractivity contribution is 0.0600. The normalized spacial score (nSPS) is 10.3. The average Bonchev–Trinajstić information content (AvgIpc) is 2.52. The third-order valence-corrected chi connectivity index (χ3v) is 3.64. The number of benzene rings is 1. The molecule has 120 valence electrons. The minimum absolute atomic E-state index is 0.0848. The van der Waals surface area contributed by atoms with Crippen LogP contribution in [0.4, 0.5) is 5.69 Å². The van der Waals surface area contributed by atoms with Crippen LogP contribution in [0, 0.1) is 13.8 Å². The third-order valence-electron chi connectivity index (χ3n) is 3.64. The van der Waals surface area contributed by atoms with Crippen molar-refractivity contribution in [2.24, 2.45) is 7.05 Å². The van der Waals surface area contributed by atoms with Crippen LogP contribution < -0.4 is 10.9 Å². The molecule has 0 unspecified atom stereocenters. The van der Waals surface area contributed by atoms with Gasteiger partial charge in [0, 0.05) is 18.4 Å². The van der Waals surface area contributed by atoms with Crippen molar-refractivity contribution in [1.82, 2.24) is 4.57 Å². The number of aromatic nitrogens is 1. The number of aryl methyl sites for hydroxylation is 2. The molecule has 1 amide bonds. The second-order valence-corrected chi connectivity index (χ2v) is 5.23. The number of carbonyl (C=O) groups excluding carboxylic acids is 2. The maximum atomic E-state index is 12.4. The summed E-state index contributed by atoms with van der Waals surface area (Å²) in [6.45, 7) is 3.52. The monoisotopic (exact) mass is 314 g/mol. The van der Waals surface area contributed by atoms with E-state index in [2.05, 4.69) is 10.1 Å². The van der Waals surface area contributed by atoms with E-state index in [9.17, 15) is 14.4 Å². The van der Waals surface area contributed by atoms with Gasteiger partial charge in [0.1, 0.15) is 5.56 Å². The average molecular weight is 314 g/mol. The number of nitrogens with zero attached hydrogens (tertiary/aromatic N) is 1. The van der Waals surface area contributed by atoms with Crippen molar-refractivity contribution in [3.05, 3.63) is 63.1 Å². The fourth-order valence-electron chi connectivity index (χ4n) is 2.29. The van der Waals surface area contributed by atoms with E-state index in [1.807, 2.05) is 0 Å². The highest BCUT2D eigenvalue weighted by atomic mass is 16.5. The number of ether oxygens (including phenoxy) is 1. The Morgan fingerprint density at radius 2 is 1.87 bits per heavy atom. The van der Waals surface area contributed by atoms with Crippen LogP contribution in [0.15, 0.2) is 35.1 Å². The van der Waals surface area contributed by atoms with Crippen LogP contribution in [0.2, 0.25) is 0 Å². The second-order valence-electron chi connectivity index (χ2n) is 5.23. The predicted octanol–water partition coefficient (Wildman–Crippen LogP) is 2.04. The summed E-state index contributed by atoms with van der Waals surface area (Å²) in [7, 11) is 2.90. The number of hydrogen-bond donors (Lipinski definition) is 1. The van der Waals surface area contributed by atoms with E-state index in [0.717, 1.165) is 5.69 Å². The molecular formula is C17H18N2O4. The molecule has 1 aromatic heterocycles. The predicted molar refractivity (Wildman–Crippen MR) is 86.9 cm³/mol. The molecule has 0 fully saturated rings. The van der Waals surface area contributed by atoms with Gasteiger partial charge in [0.05, 0.1) is 12.7 Å². The summed E-state index contributed by atoms with van der Waals surface area (Å²) in [6.07, 6.45) is 0. The van der Waals surface area contributed by atoms with Gasteiger partial charge < -0.3 is 14.6 Å². The molecule has 0 aliphatic heterocycles. The molecule has 0 aliphatic rings. The first-order valence-electron chi connectivity index (χ1n) is 7.02. The fourth-order valence-corrected chi connectivity index (χ4v) is 2.29. The first kappa shape index (κ1) is 16.5. The lowest BCUT2D eigenvalue weighted by atomic mass is 10.1. The molecule has 1 N–H and O–H groups in total. The first-order valence-corrected chi connectivity index (χ1v) is 7.02. The van der Waals surface area contributed by atoms with E-state index in [1.54, 1.807) is 45.2 Å². The zero-order chi connectivity index (χ0) is 17.1. The number of esters is 1. The van der Waals surface area contributed by atoms with Crippen molar-refractivity contribution in [2.45, 2.75) is 13.8 Å². The number of anilines is 1. The van der Waals surface area contributed by atoms with Crippen molar-refractivity contribution in [2.75, 3.05) is 12.4 Å². The van der Waals surface area contributed by atoms with Crippen LogP contribution in [-0.4, -0.2) is 23.6 Å². The molecule has 2 aromatic rings. The van der Waals surface area contributed by atoms with Gasteiger partial charge in [-0.05, 0) is 43.7 Å². The van der Waals surface area contributed by atoms with Gasteiger partial charge in [-0.25, -0.2) is 4.79 Å². The number of methoxy groups -OCH3 is 1. The Morgan fingerprint density at radius 3 is 2.52 bits per heavy atom. The molecule has 6 heteroatoms. The zero-order valence-corrected chi connectivity index (χ0v) is 13.5. The largest absolute Gasteiger partial charge is 0.465 e. The van der Waals surface area contributed by atoms with Gasteiger partial charge in [-0.3, -0.25) is 9.59 Å². The number of pyridine rings is 1. The van der Waals surface area contributed by atoms with Crippen LogP contribution in [0.25, 0.3) is 0 Å². The zero-order valence-electron chi connectivity index (χ0n) is 13.5. The van der Waals surface area contributed by atoms with Crippen molar-refractivity contribution >= 4 is 17.6 Å². The number of carbonyl (C=O) groups is 2. The number of nitrogens with one attached hydrogen (secondary N) is 1. The van der Waals surface area contributed by atoms with Gasteiger partial charge in [0.25, 0.3) is 11.5 Å². The molecule has 0 atom stereocenters. The molecule has 6 nitrogen and oxygen atoms in total. The molecule has 0 aliphatic carbocycles. The summed E-state index contributed by atoms with van der Waals surface area (Å²) < 4.78 is 6.07. The lowest BCUT2D eigenvalue weighted by Gasteiger charge is -2.11. The molecule has 23 heavy (non-hydrogen) atoms. The maximum Gasteiger partial charge on any atom is 0.337 e. The van der Waals surface area contributed by atoms with E-state index >= 15 is 0 Å². The van der Waals surface area contributed by atoms with Crippen molar-refractivity contribution in [3.63, 3.8) is 0 Å².